The van der Waals surface area contributed by atoms with Gasteiger partial charge < -0.3 is 15.4 Å². The van der Waals surface area contributed by atoms with Crippen molar-refractivity contribution in [2.24, 2.45) is 0 Å². The van der Waals surface area contributed by atoms with E-state index in [1.165, 1.54) is 18.0 Å². The first-order chi connectivity index (χ1) is 13.6. The van der Waals surface area contributed by atoms with Crippen molar-refractivity contribution in [2.75, 3.05) is 19.0 Å². The minimum atomic E-state index is -0.222. The molecule has 2 N–H and O–H groups in total. The Kier molecular flexibility index (Phi) is 6.81. The van der Waals surface area contributed by atoms with Crippen molar-refractivity contribution in [3.05, 3.63) is 82.6 Å². The lowest BCUT2D eigenvalue weighted by molar-refractivity contribution is 0.0950. The highest BCUT2D eigenvalue weighted by molar-refractivity contribution is 6.30. The molecule has 2 aromatic carbocycles. The van der Waals surface area contributed by atoms with Crippen LogP contribution in [0.3, 0.4) is 0 Å². The van der Waals surface area contributed by atoms with Gasteiger partial charge in [0.1, 0.15) is 5.75 Å². The Morgan fingerprint density at radius 2 is 1.64 bits per heavy atom. The zero-order valence-electron chi connectivity index (χ0n) is 15.5. The average molecular weight is 397 g/mol. The molecule has 0 unspecified atom stereocenters. The minimum absolute atomic E-state index is 0.222. The maximum atomic E-state index is 12.2. The van der Waals surface area contributed by atoms with E-state index in [0.29, 0.717) is 29.6 Å². The molecule has 0 radical (unpaired) electrons. The lowest BCUT2D eigenvalue weighted by atomic mass is 10.1. The first-order valence-corrected chi connectivity index (χ1v) is 9.23. The molecule has 1 aromatic heterocycles. The Hall–Kier alpha value is -3.12. The molecule has 28 heavy (non-hydrogen) atoms. The number of carbonyl (C=O) groups excluding carboxylic acids is 1. The lowest BCUT2D eigenvalue weighted by Gasteiger charge is -2.07. The molecule has 0 aliphatic heterocycles. The average Bonchev–Trinajstić information content (AvgIpc) is 2.74. The lowest BCUT2D eigenvalue weighted by Crippen LogP contribution is -2.23. The third-order valence-corrected chi connectivity index (χ3v) is 4.39. The molecule has 0 fully saturated rings. The third kappa shape index (κ3) is 5.69. The fourth-order valence-electron chi connectivity index (χ4n) is 2.53. The number of hydrogen-bond donors (Lipinski definition) is 2. The molecule has 0 saturated heterocycles. The standard InChI is InChI=1S/C21H21ClN4O2/c1-28-19-8-4-15(5-9-19)10-11-23-21-25-13-17(14-26-21)20(27)24-12-16-2-6-18(22)7-3-16/h2-9,13-14H,10-12H2,1H3,(H,24,27)(H,23,25,26). The van der Waals surface area contributed by atoms with Gasteiger partial charge in [0.25, 0.3) is 5.91 Å². The van der Waals surface area contributed by atoms with Crippen LogP contribution in [-0.4, -0.2) is 29.5 Å². The monoisotopic (exact) mass is 396 g/mol. The second-order valence-electron chi connectivity index (χ2n) is 6.13. The largest absolute Gasteiger partial charge is 0.497 e. The summed E-state index contributed by atoms with van der Waals surface area (Å²) in [6.45, 7) is 1.10. The van der Waals surface area contributed by atoms with Gasteiger partial charge in [-0.1, -0.05) is 35.9 Å². The van der Waals surface area contributed by atoms with Crippen molar-refractivity contribution in [3.63, 3.8) is 0 Å². The predicted molar refractivity (Wildman–Crippen MR) is 110 cm³/mol. The number of ether oxygens (including phenoxy) is 1. The van der Waals surface area contributed by atoms with E-state index in [4.69, 9.17) is 16.3 Å². The molecular formula is C21H21ClN4O2. The second kappa shape index (κ2) is 9.71. The fraction of sp³-hybridized carbons (Fsp3) is 0.190. The molecule has 7 heteroatoms. The summed E-state index contributed by atoms with van der Waals surface area (Å²) >= 11 is 5.85. The van der Waals surface area contributed by atoms with Crippen molar-refractivity contribution < 1.29 is 9.53 Å². The molecule has 1 amide bonds. The summed E-state index contributed by atoms with van der Waals surface area (Å²) in [5.41, 5.74) is 2.57. The van der Waals surface area contributed by atoms with Crippen LogP contribution in [-0.2, 0) is 13.0 Å². The highest BCUT2D eigenvalue weighted by atomic mass is 35.5. The van der Waals surface area contributed by atoms with Gasteiger partial charge in [0.2, 0.25) is 5.95 Å². The third-order valence-electron chi connectivity index (χ3n) is 4.14. The molecule has 0 spiro atoms. The van der Waals surface area contributed by atoms with Crippen LogP contribution in [0, 0.1) is 0 Å². The van der Waals surface area contributed by atoms with Gasteiger partial charge in [0.15, 0.2) is 0 Å². The molecule has 3 rings (SSSR count). The number of carbonyl (C=O) groups is 1. The summed E-state index contributed by atoms with van der Waals surface area (Å²) in [7, 11) is 1.65. The van der Waals surface area contributed by atoms with Crippen molar-refractivity contribution in [2.45, 2.75) is 13.0 Å². The SMILES string of the molecule is COc1ccc(CCNc2ncc(C(=O)NCc3ccc(Cl)cc3)cn2)cc1. The second-order valence-corrected chi connectivity index (χ2v) is 6.57. The van der Waals surface area contributed by atoms with Crippen LogP contribution in [0.4, 0.5) is 5.95 Å². The first kappa shape index (κ1) is 19.6. The number of benzene rings is 2. The number of hydrogen-bond acceptors (Lipinski definition) is 5. The van der Waals surface area contributed by atoms with Gasteiger partial charge >= 0.3 is 0 Å². The molecule has 0 aliphatic rings. The number of nitrogens with zero attached hydrogens (tertiary/aromatic N) is 2. The van der Waals surface area contributed by atoms with E-state index in [1.807, 2.05) is 36.4 Å². The molecule has 1 heterocycles. The maximum absolute atomic E-state index is 12.2. The van der Waals surface area contributed by atoms with E-state index >= 15 is 0 Å². The van der Waals surface area contributed by atoms with E-state index in [-0.39, 0.29) is 5.91 Å². The van der Waals surface area contributed by atoms with E-state index in [9.17, 15) is 4.79 Å². The summed E-state index contributed by atoms with van der Waals surface area (Å²) in [4.78, 5) is 20.6. The number of methoxy groups -OCH3 is 1. The maximum Gasteiger partial charge on any atom is 0.254 e. The Bertz CT molecular complexity index is 897. The molecule has 0 bridgehead atoms. The Labute approximate surface area is 168 Å². The molecule has 0 aliphatic carbocycles. The van der Waals surface area contributed by atoms with Crippen LogP contribution < -0.4 is 15.4 Å². The number of anilines is 1. The molecule has 0 atom stereocenters. The molecule has 0 saturated carbocycles. The number of halogens is 1. The highest BCUT2D eigenvalue weighted by Crippen LogP contribution is 2.12. The molecule has 3 aromatic rings. The summed E-state index contributed by atoms with van der Waals surface area (Å²) < 4.78 is 5.15. The van der Waals surface area contributed by atoms with Gasteiger partial charge in [-0.15, -0.1) is 0 Å². The smallest absolute Gasteiger partial charge is 0.254 e. The summed E-state index contributed by atoms with van der Waals surface area (Å²) in [5.74, 6) is 1.10. The van der Waals surface area contributed by atoms with Gasteiger partial charge in [-0.3, -0.25) is 4.79 Å². The number of rotatable bonds is 8. The highest BCUT2D eigenvalue weighted by Gasteiger charge is 2.07. The van der Waals surface area contributed by atoms with E-state index in [0.717, 1.165) is 17.7 Å². The van der Waals surface area contributed by atoms with Crippen LogP contribution in [0.25, 0.3) is 0 Å². The zero-order valence-corrected chi connectivity index (χ0v) is 16.2. The molecular weight excluding hydrogens is 376 g/mol. The number of aromatic nitrogens is 2. The zero-order chi connectivity index (χ0) is 19.8. The molecule has 6 nitrogen and oxygen atoms in total. The number of nitrogens with one attached hydrogen (secondary N) is 2. The molecule has 144 valence electrons. The van der Waals surface area contributed by atoms with E-state index in [1.54, 1.807) is 19.2 Å². The van der Waals surface area contributed by atoms with E-state index < -0.39 is 0 Å². The predicted octanol–water partition coefficient (Wildman–Crippen LogP) is 3.72. The van der Waals surface area contributed by atoms with Gasteiger partial charge in [0, 0.05) is 30.5 Å². The van der Waals surface area contributed by atoms with Crippen molar-refractivity contribution >= 4 is 23.5 Å². The normalized spacial score (nSPS) is 10.4. The van der Waals surface area contributed by atoms with Crippen LogP contribution in [0.15, 0.2) is 60.9 Å². The van der Waals surface area contributed by atoms with Crippen molar-refractivity contribution in [1.82, 2.24) is 15.3 Å². The van der Waals surface area contributed by atoms with Gasteiger partial charge in [-0.25, -0.2) is 9.97 Å². The van der Waals surface area contributed by atoms with Crippen LogP contribution in [0.1, 0.15) is 21.5 Å². The first-order valence-electron chi connectivity index (χ1n) is 8.85. The Balaban J connectivity index is 1.45. The van der Waals surface area contributed by atoms with Crippen molar-refractivity contribution in [1.29, 1.82) is 0 Å². The van der Waals surface area contributed by atoms with Gasteiger partial charge in [0.05, 0.1) is 12.7 Å². The summed E-state index contributed by atoms with van der Waals surface area (Å²) in [6, 6.07) is 15.2. The van der Waals surface area contributed by atoms with Crippen LogP contribution in [0.5, 0.6) is 5.75 Å². The fourth-order valence-corrected chi connectivity index (χ4v) is 2.66. The van der Waals surface area contributed by atoms with Crippen LogP contribution in [0.2, 0.25) is 5.02 Å². The minimum Gasteiger partial charge on any atom is -0.497 e. The Morgan fingerprint density at radius 1 is 1.00 bits per heavy atom. The quantitative estimate of drug-likeness (QED) is 0.606. The summed E-state index contributed by atoms with van der Waals surface area (Å²) in [6.07, 6.45) is 3.86. The van der Waals surface area contributed by atoms with Gasteiger partial charge in [-0.05, 0) is 41.8 Å². The number of amides is 1. The summed E-state index contributed by atoms with van der Waals surface area (Å²) in [5, 5.41) is 6.65. The van der Waals surface area contributed by atoms with Gasteiger partial charge in [-0.2, -0.15) is 0 Å². The Morgan fingerprint density at radius 3 is 2.29 bits per heavy atom. The van der Waals surface area contributed by atoms with E-state index in [2.05, 4.69) is 20.6 Å². The topological polar surface area (TPSA) is 76.1 Å². The van der Waals surface area contributed by atoms with Crippen LogP contribution >= 0.6 is 11.6 Å². The van der Waals surface area contributed by atoms with Crippen molar-refractivity contribution in [3.8, 4) is 5.75 Å².